The molecule has 0 spiro atoms. The van der Waals surface area contributed by atoms with E-state index in [0.717, 1.165) is 0 Å². The average Bonchev–Trinajstić information content (AvgIpc) is 3.18. The van der Waals surface area contributed by atoms with Crippen LogP contribution < -0.4 is 15.4 Å². The van der Waals surface area contributed by atoms with Crippen LogP contribution in [0.1, 0.15) is 27.8 Å². The van der Waals surface area contributed by atoms with E-state index in [1.54, 1.807) is 60.7 Å². The molecule has 0 aliphatic carbocycles. The van der Waals surface area contributed by atoms with Crippen LogP contribution in [0.5, 0.6) is 5.75 Å². The molecule has 2 N–H and O–H groups in total. The SMILES string of the molecule is CC(=O)Nc1ccc(OC(=O)c2ccc(NC(=O)c3ccco3)cc2)cc1. The number of esters is 1. The van der Waals surface area contributed by atoms with E-state index in [1.165, 1.54) is 13.2 Å². The van der Waals surface area contributed by atoms with Crippen LogP contribution in [0, 0.1) is 0 Å². The fourth-order valence-corrected chi connectivity index (χ4v) is 2.27. The van der Waals surface area contributed by atoms with E-state index in [2.05, 4.69) is 10.6 Å². The summed E-state index contributed by atoms with van der Waals surface area (Å²) in [6, 6.07) is 15.9. The smallest absolute Gasteiger partial charge is 0.343 e. The van der Waals surface area contributed by atoms with E-state index in [9.17, 15) is 14.4 Å². The second-order valence-corrected chi connectivity index (χ2v) is 5.60. The standard InChI is InChI=1S/C20H16N2O5/c1-13(23)21-15-8-10-17(11-9-15)27-20(25)14-4-6-16(7-5-14)22-19(24)18-3-2-12-26-18/h2-12H,1H3,(H,21,23)(H,22,24). The first-order chi connectivity index (χ1) is 13.0. The minimum absolute atomic E-state index is 0.182. The summed E-state index contributed by atoms with van der Waals surface area (Å²) in [5.74, 6) is -0.551. The highest BCUT2D eigenvalue weighted by Gasteiger charge is 2.11. The summed E-state index contributed by atoms with van der Waals surface area (Å²) in [4.78, 5) is 35.1. The quantitative estimate of drug-likeness (QED) is 0.531. The highest BCUT2D eigenvalue weighted by atomic mass is 16.5. The molecule has 0 saturated heterocycles. The number of rotatable bonds is 5. The number of benzene rings is 2. The molecule has 1 heterocycles. The first-order valence-corrected chi connectivity index (χ1v) is 8.06. The lowest BCUT2D eigenvalue weighted by molar-refractivity contribution is -0.114. The van der Waals surface area contributed by atoms with E-state index in [-0.39, 0.29) is 17.6 Å². The molecular weight excluding hydrogens is 348 g/mol. The molecular formula is C20H16N2O5. The van der Waals surface area contributed by atoms with Crippen molar-refractivity contribution >= 4 is 29.2 Å². The summed E-state index contributed by atoms with van der Waals surface area (Å²) < 4.78 is 10.3. The lowest BCUT2D eigenvalue weighted by Gasteiger charge is -2.07. The summed E-state index contributed by atoms with van der Waals surface area (Å²) in [5, 5.41) is 5.29. The minimum atomic E-state index is -0.536. The molecule has 2 aromatic carbocycles. The molecule has 27 heavy (non-hydrogen) atoms. The van der Waals surface area contributed by atoms with E-state index >= 15 is 0 Å². The van der Waals surface area contributed by atoms with E-state index in [1.807, 2.05) is 0 Å². The number of carbonyl (C=O) groups excluding carboxylic acids is 3. The molecule has 0 radical (unpaired) electrons. The number of hydrogen-bond donors (Lipinski definition) is 2. The van der Waals surface area contributed by atoms with E-state index in [0.29, 0.717) is 22.7 Å². The average molecular weight is 364 g/mol. The third kappa shape index (κ3) is 4.82. The van der Waals surface area contributed by atoms with Crippen molar-refractivity contribution in [2.75, 3.05) is 10.6 Å². The Balaban J connectivity index is 1.60. The highest BCUT2D eigenvalue weighted by Crippen LogP contribution is 2.18. The van der Waals surface area contributed by atoms with Gasteiger partial charge < -0.3 is 19.8 Å². The summed E-state index contributed by atoms with van der Waals surface area (Å²) in [6.45, 7) is 1.41. The monoisotopic (exact) mass is 364 g/mol. The number of carbonyl (C=O) groups is 3. The van der Waals surface area contributed by atoms with Crippen LogP contribution in [0.4, 0.5) is 11.4 Å². The van der Waals surface area contributed by atoms with Gasteiger partial charge in [0.25, 0.3) is 5.91 Å². The molecule has 0 aliphatic rings. The predicted octanol–water partition coefficient (Wildman–Crippen LogP) is 3.71. The molecule has 7 nitrogen and oxygen atoms in total. The summed E-state index contributed by atoms with van der Waals surface area (Å²) in [5.41, 5.74) is 1.46. The van der Waals surface area contributed by atoms with Gasteiger partial charge in [0.1, 0.15) is 5.75 Å². The Kier molecular flexibility index (Phi) is 5.32. The predicted molar refractivity (Wildman–Crippen MR) is 98.8 cm³/mol. The van der Waals surface area contributed by atoms with E-state index < -0.39 is 5.97 Å². The van der Waals surface area contributed by atoms with Crippen LogP contribution in [0.25, 0.3) is 0 Å². The fourth-order valence-electron chi connectivity index (χ4n) is 2.27. The maximum Gasteiger partial charge on any atom is 0.343 e. The molecule has 2 amide bonds. The Morgan fingerprint density at radius 2 is 1.48 bits per heavy atom. The number of nitrogens with one attached hydrogen (secondary N) is 2. The number of furan rings is 1. The molecule has 0 aliphatic heterocycles. The van der Waals surface area contributed by atoms with Crippen molar-refractivity contribution in [1.82, 2.24) is 0 Å². The molecule has 1 aromatic heterocycles. The lowest BCUT2D eigenvalue weighted by atomic mass is 10.2. The van der Waals surface area contributed by atoms with Gasteiger partial charge in [-0.25, -0.2) is 4.79 Å². The van der Waals surface area contributed by atoms with Gasteiger partial charge in [-0.05, 0) is 60.7 Å². The highest BCUT2D eigenvalue weighted by molar-refractivity contribution is 6.02. The zero-order valence-electron chi connectivity index (χ0n) is 14.4. The number of amides is 2. The Labute approximate surface area is 154 Å². The van der Waals surface area contributed by atoms with Crippen molar-refractivity contribution in [2.45, 2.75) is 6.92 Å². The third-order valence-corrected chi connectivity index (χ3v) is 3.51. The van der Waals surface area contributed by atoms with E-state index in [4.69, 9.17) is 9.15 Å². The van der Waals surface area contributed by atoms with Crippen molar-refractivity contribution in [2.24, 2.45) is 0 Å². The first kappa shape index (κ1) is 17.9. The van der Waals surface area contributed by atoms with Crippen LogP contribution >= 0.6 is 0 Å². The van der Waals surface area contributed by atoms with Gasteiger partial charge in [0.05, 0.1) is 11.8 Å². The van der Waals surface area contributed by atoms with Crippen LogP contribution in [0.3, 0.4) is 0 Å². The maximum absolute atomic E-state index is 12.2. The number of ether oxygens (including phenoxy) is 1. The van der Waals surface area contributed by atoms with Crippen LogP contribution in [-0.4, -0.2) is 17.8 Å². The summed E-state index contributed by atoms with van der Waals surface area (Å²) >= 11 is 0. The Morgan fingerprint density at radius 3 is 2.07 bits per heavy atom. The van der Waals surface area contributed by atoms with Crippen molar-refractivity contribution in [3.63, 3.8) is 0 Å². The second-order valence-electron chi connectivity index (χ2n) is 5.60. The van der Waals surface area contributed by atoms with Gasteiger partial charge in [-0.3, -0.25) is 9.59 Å². The van der Waals surface area contributed by atoms with Gasteiger partial charge in [0, 0.05) is 18.3 Å². The second kappa shape index (κ2) is 8.01. The third-order valence-electron chi connectivity index (χ3n) is 3.51. The molecule has 7 heteroatoms. The van der Waals surface area contributed by atoms with Gasteiger partial charge in [-0.2, -0.15) is 0 Å². The molecule has 3 rings (SSSR count). The number of anilines is 2. The van der Waals surface area contributed by atoms with Gasteiger partial charge in [-0.1, -0.05) is 0 Å². The van der Waals surface area contributed by atoms with Gasteiger partial charge in [0.15, 0.2) is 5.76 Å². The summed E-state index contributed by atoms with van der Waals surface area (Å²) in [6.07, 6.45) is 1.41. The molecule has 0 fully saturated rings. The van der Waals surface area contributed by atoms with Crippen LogP contribution in [0.15, 0.2) is 71.3 Å². The van der Waals surface area contributed by atoms with Crippen LogP contribution in [-0.2, 0) is 4.79 Å². The van der Waals surface area contributed by atoms with Gasteiger partial charge >= 0.3 is 5.97 Å². The molecule has 0 atom stereocenters. The Bertz CT molecular complexity index is 945. The largest absolute Gasteiger partial charge is 0.459 e. The molecule has 3 aromatic rings. The lowest BCUT2D eigenvalue weighted by Crippen LogP contribution is -2.12. The normalized spacial score (nSPS) is 10.1. The molecule has 0 unspecified atom stereocenters. The van der Waals surface area contributed by atoms with Crippen molar-refractivity contribution in [3.05, 3.63) is 78.3 Å². The Morgan fingerprint density at radius 1 is 0.852 bits per heavy atom. The minimum Gasteiger partial charge on any atom is -0.459 e. The molecule has 0 bridgehead atoms. The zero-order chi connectivity index (χ0) is 19.2. The topological polar surface area (TPSA) is 97.6 Å². The van der Waals surface area contributed by atoms with Gasteiger partial charge in [-0.15, -0.1) is 0 Å². The summed E-state index contributed by atoms with van der Waals surface area (Å²) in [7, 11) is 0. The van der Waals surface area contributed by atoms with Crippen LogP contribution in [0.2, 0.25) is 0 Å². The number of hydrogen-bond acceptors (Lipinski definition) is 5. The van der Waals surface area contributed by atoms with Crippen molar-refractivity contribution in [3.8, 4) is 5.75 Å². The fraction of sp³-hybridized carbons (Fsp3) is 0.0500. The van der Waals surface area contributed by atoms with Gasteiger partial charge in [0.2, 0.25) is 5.91 Å². The molecule has 136 valence electrons. The van der Waals surface area contributed by atoms with Crippen molar-refractivity contribution in [1.29, 1.82) is 0 Å². The van der Waals surface area contributed by atoms with Crippen molar-refractivity contribution < 1.29 is 23.5 Å². The Hall–Kier alpha value is -3.87. The zero-order valence-corrected chi connectivity index (χ0v) is 14.4. The maximum atomic E-state index is 12.2. The molecule has 0 saturated carbocycles. The first-order valence-electron chi connectivity index (χ1n) is 8.06.